The number of carbonyl (C=O) groups is 1. The molecular formula is C17H29N3O. The molecule has 21 heavy (non-hydrogen) atoms. The number of amides is 1. The Morgan fingerprint density at radius 2 is 1.86 bits per heavy atom. The van der Waals surface area contributed by atoms with Gasteiger partial charge in [0.25, 0.3) is 5.91 Å². The number of hydrogen-bond acceptors (Lipinski definition) is 3. The molecule has 1 aromatic heterocycles. The molecule has 2 N–H and O–H groups in total. The van der Waals surface area contributed by atoms with Crippen molar-refractivity contribution in [2.75, 3.05) is 11.9 Å². The Balaban J connectivity index is 3.01. The van der Waals surface area contributed by atoms with E-state index in [1.54, 1.807) is 0 Å². The maximum atomic E-state index is 12.5. The topological polar surface area (TPSA) is 54.0 Å². The molecule has 4 nitrogen and oxygen atoms in total. The van der Waals surface area contributed by atoms with Crippen LogP contribution in [-0.2, 0) is 0 Å². The van der Waals surface area contributed by atoms with Crippen LogP contribution in [0.4, 0.5) is 5.82 Å². The summed E-state index contributed by atoms with van der Waals surface area (Å²) in [5, 5.41) is 6.32. The molecule has 0 radical (unpaired) electrons. The monoisotopic (exact) mass is 291 g/mol. The van der Waals surface area contributed by atoms with E-state index >= 15 is 0 Å². The van der Waals surface area contributed by atoms with E-state index in [4.69, 9.17) is 0 Å². The minimum Gasteiger partial charge on any atom is -0.370 e. The van der Waals surface area contributed by atoms with Crippen LogP contribution in [0, 0.1) is 5.92 Å². The average molecular weight is 291 g/mol. The molecule has 0 aromatic carbocycles. The first kappa shape index (κ1) is 17.5. The van der Waals surface area contributed by atoms with E-state index in [1.807, 2.05) is 19.1 Å². The lowest BCUT2D eigenvalue weighted by Crippen LogP contribution is -2.38. The summed E-state index contributed by atoms with van der Waals surface area (Å²) in [6, 6.07) is 3.93. The van der Waals surface area contributed by atoms with Gasteiger partial charge in [-0.2, -0.15) is 0 Å². The standard InChI is InChI=1S/C17H29N3O/c1-7-14(11(3)4)20-17(21)13-9-15(12(5)6)19-16(10-13)18-8-2/h9-12,14H,7-8H2,1-6H3,(H,18,19)(H,20,21). The van der Waals surface area contributed by atoms with Crippen LogP contribution in [0.5, 0.6) is 0 Å². The predicted octanol–water partition coefficient (Wildman–Crippen LogP) is 3.80. The lowest BCUT2D eigenvalue weighted by Gasteiger charge is -2.21. The summed E-state index contributed by atoms with van der Waals surface area (Å²) in [6.45, 7) is 13.3. The fourth-order valence-electron chi connectivity index (χ4n) is 2.24. The number of anilines is 1. The minimum absolute atomic E-state index is 0.0148. The fourth-order valence-corrected chi connectivity index (χ4v) is 2.24. The number of rotatable bonds is 7. The summed E-state index contributed by atoms with van der Waals surface area (Å²) in [5.74, 6) is 1.48. The van der Waals surface area contributed by atoms with Crippen molar-refractivity contribution in [1.29, 1.82) is 0 Å². The Morgan fingerprint density at radius 3 is 2.33 bits per heavy atom. The van der Waals surface area contributed by atoms with Gasteiger partial charge in [0.1, 0.15) is 5.82 Å². The lowest BCUT2D eigenvalue weighted by atomic mass is 10.0. The molecule has 0 aliphatic heterocycles. The van der Waals surface area contributed by atoms with Gasteiger partial charge in [0.15, 0.2) is 0 Å². The van der Waals surface area contributed by atoms with Crippen LogP contribution in [0.15, 0.2) is 12.1 Å². The normalized spacial score (nSPS) is 12.6. The summed E-state index contributed by atoms with van der Waals surface area (Å²) in [6.07, 6.45) is 0.936. The highest BCUT2D eigenvalue weighted by atomic mass is 16.1. The quantitative estimate of drug-likeness (QED) is 0.803. The smallest absolute Gasteiger partial charge is 0.251 e. The molecule has 0 aliphatic rings. The molecule has 1 unspecified atom stereocenters. The molecule has 1 amide bonds. The minimum atomic E-state index is -0.0148. The van der Waals surface area contributed by atoms with E-state index in [0.29, 0.717) is 17.4 Å². The Kier molecular flexibility index (Phi) is 6.66. The summed E-state index contributed by atoms with van der Waals surface area (Å²) in [5.41, 5.74) is 1.62. The molecule has 118 valence electrons. The first-order chi connectivity index (χ1) is 9.88. The van der Waals surface area contributed by atoms with Crippen LogP contribution in [0.2, 0.25) is 0 Å². The van der Waals surface area contributed by atoms with Gasteiger partial charge in [-0.15, -0.1) is 0 Å². The van der Waals surface area contributed by atoms with Crippen molar-refractivity contribution >= 4 is 11.7 Å². The Labute approximate surface area is 128 Å². The third kappa shape index (κ3) is 5.03. The maximum Gasteiger partial charge on any atom is 0.251 e. The van der Waals surface area contributed by atoms with Crippen LogP contribution in [0.3, 0.4) is 0 Å². The van der Waals surface area contributed by atoms with E-state index in [-0.39, 0.29) is 11.9 Å². The molecule has 0 spiro atoms. The lowest BCUT2D eigenvalue weighted by molar-refractivity contribution is 0.0924. The molecule has 0 saturated carbocycles. The number of carbonyl (C=O) groups excluding carboxylic acids is 1. The van der Waals surface area contributed by atoms with Gasteiger partial charge in [0.05, 0.1) is 0 Å². The molecule has 1 heterocycles. The van der Waals surface area contributed by atoms with Gasteiger partial charge >= 0.3 is 0 Å². The van der Waals surface area contributed by atoms with E-state index in [9.17, 15) is 4.79 Å². The molecule has 0 aliphatic carbocycles. The van der Waals surface area contributed by atoms with Gasteiger partial charge in [-0.25, -0.2) is 4.98 Å². The highest BCUT2D eigenvalue weighted by Gasteiger charge is 2.17. The van der Waals surface area contributed by atoms with Crippen molar-refractivity contribution in [2.45, 2.75) is 59.9 Å². The van der Waals surface area contributed by atoms with E-state index < -0.39 is 0 Å². The third-order valence-corrected chi connectivity index (χ3v) is 3.62. The molecule has 0 saturated heterocycles. The highest BCUT2D eigenvalue weighted by Crippen LogP contribution is 2.18. The van der Waals surface area contributed by atoms with Gasteiger partial charge < -0.3 is 10.6 Å². The second-order valence-corrected chi connectivity index (χ2v) is 6.08. The molecule has 1 aromatic rings. The number of hydrogen-bond donors (Lipinski definition) is 2. The van der Waals surface area contributed by atoms with Crippen molar-refractivity contribution in [3.8, 4) is 0 Å². The number of aromatic nitrogens is 1. The van der Waals surface area contributed by atoms with Crippen LogP contribution in [-0.4, -0.2) is 23.5 Å². The number of nitrogens with one attached hydrogen (secondary N) is 2. The largest absolute Gasteiger partial charge is 0.370 e. The predicted molar refractivity (Wildman–Crippen MR) is 88.9 cm³/mol. The highest BCUT2D eigenvalue weighted by molar-refractivity contribution is 5.95. The maximum absolute atomic E-state index is 12.5. The van der Waals surface area contributed by atoms with Crippen molar-refractivity contribution in [3.63, 3.8) is 0 Å². The molecule has 1 atom stereocenters. The van der Waals surface area contributed by atoms with Crippen LogP contribution in [0.1, 0.15) is 69.9 Å². The molecular weight excluding hydrogens is 262 g/mol. The van der Waals surface area contributed by atoms with E-state index in [0.717, 1.165) is 24.5 Å². The zero-order chi connectivity index (χ0) is 16.0. The molecule has 0 fully saturated rings. The Bertz CT molecular complexity index is 469. The zero-order valence-corrected chi connectivity index (χ0v) is 14.2. The van der Waals surface area contributed by atoms with E-state index in [1.165, 1.54) is 0 Å². The summed E-state index contributed by atoms with van der Waals surface area (Å²) in [7, 11) is 0. The summed E-state index contributed by atoms with van der Waals surface area (Å²) in [4.78, 5) is 17.0. The van der Waals surface area contributed by atoms with Gasteiger partial charge in [0.2, 0.25) is 0 Å². The van der Waals surface area contributed by atoms with Crippen LogP contribution < -0.4 is 10.6 Å². The number of pyridine rings is 1. The fraction of sp³-hybridized carbons (Fsp3) is 0.647. The summed E-state index contributed by atoms with van der Waals surface area (Å²) < 4.78 is 0. The second kappa shape index (κ2) is 8.01. The van der Waals surface area contributed by atoms with E-state index in [2.05, 4.69) is 50.2 Å². The average Bonchev–Trinajstić information content (AvgIpc) is 2.44. The van der Waals surface area contributed by atoms with Gasteiger partial charge in [-0.05, 0) is 37.3 Å². The number of nitrogens with zero attached hydrogens (tertiary/aromatic N) is 1. The van der Waals surface area contributed by atoms with Crippen molar-refractivity contribution in [3.05, 3.63) is 23.4 Å². The van der Waals surface area contributed by atoms with Crippen LogP contribution in [0.25, 0.3) is 0 Å². The zero-order valence-electron chi connectivity index (χ0n) is 14.2. The SMILES string of the molecule is CCNc1cc(C(=O)NC(CC)C(C)C)cc(C(C)C)n1. The second-order valence-electron chi connectivity index (χ2n) is 6.08. The van der Waals surface area contributed by atoms with Gasteiger partial charge in [-0.3, -0.25) is 4.79 Å². The Morgan fingerprint density at radius 1 is 1.19 bits per heavy atom. The van der Waals surface area contributed by atoms with Crippen molar-refractivity contribution in [1.82, 2.24) is 10.3 Å². The Hall–Kier alpha value is -1.58. The summed E-state index contributed by atoms with van der Waals surface area (Å²) >= 11 is 0. The third-order valence-electron chi connectivity index (χ3n) is 3.62. The molecule has 0 bridgehead atoms. The van der Waals surface area contributed by atoms with Crippen molar-refractivity contribution < 1.29 is 4.79 Å². The van der Waals surface area contributed by atoms with Gasteiger partial charge in [0, 0.05) is 23.8 Å². The van der Waals surface area contributed by atoms with Gasteiger partial charge in [-0.1, -0.05) is 34.6 Å². The first-order valence-electron chi connectivity index (χ1n) is 7.95. The van der Waals surface area contributed by atoms with Crippen molar-refractivity contribution in [2.24, 2.45) is 5.92 Å². The molecule has 1 rings (SSSR count). The van der Waals surface area contributed by atoms with Crippen LogP contribution >= 0.6 is 0 Å². The first-order valence-corrected chi connectivity index (χ1v) is 7.95. The molecule has 4 heteroatoms.